The minimum atomic E-state index is -0.882. The summed E-state index contributed by atoms with van der Waals surface area (Å²) in [5, 5.41) is 23.0. The topological polar surface area (TPSA) is 69.6 Å². The second-order valence-corrected chi connectivity index (χ2v) is 15.8. The second kappa shape index (κ2) is 49.9. The maximum atomic E-state index is 12.4. The Morgan fingerprint density at radius 3 is 1.17 bits per heavy atom. The molecule has 0 spiro atoms. The summed E-state index contributed by atoms with van der Waals surface area (Å²) in [5.41, 5.74) is 0. The molecule has 60 heavy (non-hydrogen) atoms. The fraction of sp³-hybridized carbons (Fsp3) is 0.589. The van der Waals surface area contributed by atoms with E-state index in [0.717, 1.165) is 103 Å². The summed E-state index contributed by atoms with van der Waals surface area (Å²) in [5.74, 6) is -0.0941. The molecule has 0 heterocycles. The Kier molecular flexibility index (Phi) is 47.0. The third-order valence-corrected chi connectivity index (χ3v) is 10.1. The van der Waals surface area contributed by atoms with Crippen molar-refractivity contribution in [1.29, 1.82) is 0 Å². The fourth-order valence-corrected chi connectivity index (χ4v) is 6.40. The number of aliphatic hydroxyl groups excluding tert-OH is 2. The van der Waals surface area contributed by atoms with Crippen LogP contribution in [0.5, 0.6) is 0 Å². The molecule has 0 fully saturated rings. The van der Waals surface area contributed by atoms with Crippen molar-refractivity contribution in [3.63, 3.8) is 0 Å². The maximum Gasteiger partial charge on any atom is 0.220 e. The Bertz CT molecular complexity index is 1260. The van der Waals surface area contributed by atoms with E-state index in [1.165, 1.54) is 70.6 Å². The van der Waals surface area contributed by atoms with Crippen molar-refractivity contribution in [3.8, 4) is 0 Å². The van der Waals surface area contributed by atoms with Gasteiger partial charge in [0.25, 0.3) is 0 Å². The first-order valence-electron chi connectivity index (χ1n) is 24.4. The first-order chi connectivity index (χ1) is 29.7. The molecule has 4 heteroatoms. The Labute approximate surface area is 371 Å². The van der Waals surface area contributed by atoms with Gasteiger partial charge in [0.15, 0.2) is 0 Å². The molecular weight excluding hydrogens is 735 g/mol. The van der Waals surface area contributed by atoms with Gasteiger partial charge in [-0.25, -0.2) is 0 Å². The van der Waals surface area contributed by atoms with Gasteiger partial charge in [0.2, 0.25) is 5.91 Å². The first kappa shape index (κ1) is 56.5. The first-order valence-corrected chi connectivity index (χ1v) is 24.4. The van der Waals surface area contributed by atoms with Crippen molar-refractivity contribution in [2.24, 2.45) is 0 Å². The molecule has 0 saturated heterocycles. The minimum Gasteiger partial charge on any atom is -0.394 e. The smallest absolute Gasteiger partial charge is 0.220 e. The molecule has 1 amide bonds. The standard InChI is InChI=1S/C56H91NO3/c1-3-5-7-9-11-13-15-17-19-20-21-22-23-24-25-26-27-28-29-30-31-32-33-34-35-36-38-40-42-44-46-48-50-52-56(60)57-54(53-58)55(59)51-49-47-45-43-41-39-37-18-16-14-12-10-8-6-4-2/h5,7,11,13,16-19,21-22,24-25,27-28,30-31,33-34,41,43,49,51,54-55,58-59H,3-4,6,8-10,12,14-15,20,23,26,29,32,35-40,42,44-48,50,52-53H2,1-2H3,(H,57,60)/b7-5-,13-11-,18-16+,19-17-,22-21-,25-24-,28-27-,31-30-,34-33-,43-41+,51-49+. The lowest BCUT2D eigenvalue weighted by Gasteiger charge is -2.19. The van der Waals surface area contributed by atoms with Gasteiger partial charge in [0.1, 0.15) is 0 Å². The number of carbonyl (C=O) groups is 1. The number of unbranched alkanes of at least 4 members (excludes halogenated alkanes) is 15. The van der Waals surface area contributed by atoms with Crippen LogP contribution in [-0.2, 0) is 4.79 Å². The summed E-state index contributed by atoms with van der Waals surface area (Å²) in [6, 6.07) is -0.659. The van der Waals surface area contributed by atoms with Gasteiger partial charge in [-0.3, -0.25) is 4.79 Å². The third-order valence-electron chi connectivity index (χ3n) is 10.1. The lowest BCUT2D eigenvalue weighted by atomic mass is 10.1. The lowest BCUT2D eigenvalue weighted by molar-refractivity contribution is -0.123. The monoisotopic (exact) mass is 826 g/mol. The highest BCUT2D eigenvalue weighted by atomic mass is 16.3. The molecule has 0 aliphatic carbocycles. The van der Waals surface area contributed by atoms with Crippen molar-refractivity contribution in [2.75, 3.05) is 6.61 Å². The lowest BCUT2D eigenvalue weighted by Crippen LogP contribution is -2.45. The predicted molar refractivity (Wildman–Crippen MR) is 266 cm³/mol. The molecule has 0 aliphatic heterocycles. The van der Waals surface area contributed by atoms with E-state index in [9.17, 15) is 15.0 Å². The zero-order valence-corrected chi connectivity index (χ0v) is 38.7. The predicted octanol–water partition coefficient (Wildman–Crippen LogP) is 15.9. The Morgan fingerprint density at radius 1 is 0.417 bits per heavy atom. The molecule has 0 aromatic carbocycles. The van der Waals surface area contributed by atoms with E-state index in [-0.39, 0.29) is 12.5 Å². The van der Waals surface area contributed by atoms with Crippen LogP contribution in [0.1, 0.15) is 194 Å². The van der Waals surface area contributed by atoms with Gasteiger partial charge in [0.05, 0.1) is 18.8 Å². The van der Waals surface area contributed by atoms with E-state index in [1.807, 2.05) is 6.08 Å². The average molecular weight is 826 g/mol. The van der Waals surface area contributed by atoms with E-state index in [4.69, 9.17) is 0 Å². The summed E-state index contributed by atoms with van der Waals surface area (Å²) in [6.07, 6.45) is 78.5. The number of allylic oxidation sites excluding steroid dienone is 21. The molecule has 0 radical (unpaired) electrons. The van der Waals surface area contributed by atoms with Crippen LogP contribution < -0.4 is 5.32 Å². The highest BCUT2D eigenvalue weighted by molar-refractivity contribution is 5.76. The van der Waals surface area contributed by atoms with Crippen molar-refractivity contribution < 1.29 is 15.0 Å². The van der Waals surface area contributed by atoms with E-state index in [1.54, 1.807) is 6.08 Å². The van der Waals surface area contributed by atoms with Crippen molar-refractivity contribution in [2.45, 2.75) is 206 Å². The Morgan fingerprint density at radius 2 is 0.750 bits per heavy atom. The minimum absolute atomic E-state index is 0.0941. The number of amides is 1. The molecule has 4 nitrogen and oxygen atoms in total. The number of nitrogens with one attached hydrogen (secondary N) is 1. The average Bonchev–Trinajstić information content (AvgIpc) is 3.25. The molecule has 2 atom stereocenters. The molecule has 0 aliphatic rings. The van der Waals surface area contributed by atoms with E-state index in [2.05, 4.69) is 141 Å². The number of carbonyl (C=O) groups excluding carboxylic acids is 1. The molecule has 0 aromatic rings. The van der Waals surface area contributed by atoms with Gasteiger partial charge >= 0.3 is 0 Å². The van der Waals surface area contributed by atoms with Gasteiger partial charge in [-0.1, -0.05) is 212 Å². The van der Waals surface area contributed by atoms with Gasteiger partial charge < -0.3 is 15.5 Å². The maximum absolute atomic E-state index is 12.4. The number of rotatable bonds is 42. The zero-order valence-electron chi connectivity index (χ0n) is 38.7. The van der Waals surface area contributed by atoms with Crippen molar-refractivity contribution in [1.82, 2.24) is 5.32 Å². The Balaban J connectivity index is 3.69. The van der Waals surface area contributed by atoms with Crippen LogP contribution in [-0.4, -0.2) is 34.9 Å². The van der Waals surface area contributed by atoms with Crippen LogP contribution in [0.4, 0.5) is 0 Å². The van der Waals surface area contributed by atoms with Crippen molar-refractivity contribution >= 4 is 5.91 Å². The number of hydrogen-bond donors (Lipinski definition) is 3. The van der Waals surface area contributed by atoms with Gasteiger partial charge in [-0.05, 0) is 109 Å². The quantitative estimate of drug-likeness (QED) is 0.0424. The van der Waals surface area contributed by atoms with Crippen LogP contribution >= 0.6 is 0 Å². The molecule has 0 aromatic heterocycles. The van der Waals surface area contributed by atoms with E-state index >= 15 is 0 Å². The number of hydrogen-bond acceptors (Lipinski definition) is 3. The molecule has 2 unspecified atom stereocenters. The van der Waals surface area contributed by atoms with Crippen molar-refractivity contribution in [3.05, 3.63) is 134 Å². The summed E-state index contributed by atoms with van der Waals surface area (Å²) in [4.78, 5) is 12.4. The third kappa shape index (κ3) is 45.6. The summed E-state index contributed by atoms with van der Waals surface area (Å²) in [6.45, 7) is 4.14. The molecular formula is C56H91NO3. The van der Waals surface area contributed by atoms with Crippen LogP contribution in [0.3, 0.4) is 0 Å². The van der Waals surface area contributed by atoms with Gasteiger partial charge in [-0.2, -0.15) is 0 Å². The molecule has 3 N–H and O–H groups in total. The number of aliphatic hydroxyl groups is 2. The molecule has 0 rings (SSSR count). The van der Waals surface area contributed by atoms with Crippen LogP contribution in [0.25, 0.3) is 0 Å². The van der Waals surface area contributed by atoms with Gasteiger partial charge in [0, 0.05) is 6.42 Å². The van der Waals surface area contributed by atoms with E-state index < -0.39 is 12.1 Å². The fourth-order valence-electron chi connectivity index (χ4n) is 6.40. The largest absolute Gasteiger partial charge is 0.394 e. The normalized spacial score (nSPS) is 14.1. The van der Waals surface area contributed by atoms with E-state index in [0.29, 0.717) is 6.42 Å². The highest BCUT2D eigenvalue weighted by Crippen LogP contribution is 2.12. The highest BCUT2D eigenvalue weighted by Gasteiger charge is 2.17. The van der Waals surface area contributed by atoms with Crippen LogP contribution in [0.15, 0.2) is 134 Å². The second-order valence-electron chi connectivity index (χ2n) is 15.8. The summed E-state index contributed by atoms with van der Waals surface area (Å²) < 4.78 is 0. The molecule has 338 valence electrons. The summed E-state index contributed by atoms with van der Waals surface area (Å²) in [7, 11) is 0. The van der Waals surface area contributed by atoms with Crippen LogP contribution in [0, 0.1) is 0 Å². The zero-order chi connectivity index (χ0) is 43.5. The van der Waals surface area contributed by atoms with Crippen LogP contribution in [0.2, 0.25) is 0 Å². The SMILES string of the molecule is CC/C=C\C/C=C\C/C=C\C/C=C\C/C=C\C/C=C\C/C=C\C/C=C\CCCCCCCCCCC(=O)NC(CO)C(O)/C=C/CC/C=C/CC/C=C/CCCCCCC. The molecule has 0 bridgehead atoms. The van der Waals surface area contributed by atoms with Gasteiger partial charge in [-0.15, -0.1) is 0 Å². The summed E-state index contributed by atoms with van der Waals surface area (Å²) >= 11 is 0. The molecule has 0 saturated carbocycles. The Hall–Kier alpha value is -3.47.